The van der Waals surface area contributed by atoms with Crippen molar-refractivity contribution in [2.45, 2.75) is 23.8 Å². The molecule has 1 aliphatic heterocycles. The second kappa shape index (κ2) is 7.65. The van der Waals surface area contributed by atoms with E-state index >= 15 is 0 Å². The van der Waals surface area contributed by atoms with E-state index in [1.165, 1.54) is 0 Å². The summed E-state index contributed by atoms with van der Waals surface area (Å²) in [6.45, 7) is 6.95. The molecule has 2 heterocycles. The number of hydrogen-bond donors (Lipinski definition) is 0. The summed E-state index contributed by atoms with van der Waals surface area (Å²) in [4.78, 5) is 8.91. The zero-order chi connectivity index (χ0) is 20.6. The number of sulfone groups is 1. The Balaban J connectivity index is 1.85. The van der Waals surface area contributed by atoms with E-state index in [0.717, 1.165) is 29.8 Å². The highest BCUT2D eigenvalue weighted by Gasteiger charge is 2.32. The molecule has 1 saturated heterocycles. The standard InChI is InChI=1S/C22H25N3O3S/c1-16-8-10-18(11-9-16)29(26,27)21-22(25-14-12-24(3)13-15-25)28-20(23-21)19-7-5-4-6-17(19)2/h4-11H,12-15H2,1-3H3. The number of hydrogen-bond acceptors (Lipinski definition) is 6. The first-order valence-corrected chi connectivity index (χ1v) is 11.2. The van der Waals surface area contributed by atoms with Crippen LogP contribution in [0.3, 0.4) is 0 Å². The molecule has 0 radical (unpaired) electrons. The number of benzene rings is 2. The molecular weight excluding hydrogens is 386 g/mol. The average molecular weight is 412 g/mol. The normalized spacial score (nSPS) is 15.6. The van der Waals surface area contributed by atoms with Crippen molar-refractivity contribution >= 4 is 15.7 Å². The van der Waals surface area contributed by atoms with E-state index in [4.69, 9.17) is 4.42 Å². The summed E-state index contributed by atoms with van der Waals surface area (Å²) < 4.78 is 33.0. The maximum atomic E-state index is 13.4. The van der Waals surface area contributed by atoms with Crippen LogP contribution in [0.25, 0.3) is 11.5 Å². The zero-order valence-corrected chi connectivity index (χ0v) is 17.7. The highest BCUT2D eigenvalue weighted by atomic mass is 32.2. The summed E-state index contributed by atoms with van der Waals surface area (Å²) in [6, 6.07) is 14.5. The summed E-state index contributed by atoms with van der Waals surface area (Å²) in [7, 11) is -1.75. The summed E-state index contributed by atoms with van der Waals surface area (Å²) >= 11 is 0. The van der Waals surface area contributed by atoms with Gasteiger partial charge in [-0.3, -0.25) is 0 Å². The first-order valence-electron chi connectivity index (χ1n) is 9.68. The number of anilines is 1. The smallest absolute Gasteiger partial charge is 0.236 e. The number of piperazine rings is 1. The van der Waals surface area contributed by atoms with Crippen LogP contribution in [0.5, 0.6) is 0 Å². The lowest BCUT2D eigenvalue weighted by atomic mass is 10.1. The number of likely N-dealkylation sites (N-methyl/N-ethyl adjacent to an activating group) is 1. The van der Waals surface area contributed by atoms with Crippen molar-refractivity contribution in [3.8, 4) is 11.5 Å². The third-order valence-corrected chi connectivity index (χ3v) is 7.00. The summed E-state index contributed by atoms with van der Waals surface area (Å²) in [6.07, 6.45) is 0. The number of nitrogens with zero attached hydrogens (tertiary/aromatic N) is 3. The lowest BCUT2D eigenvalue weighted by Crippen LogP contribution is -2.44. The largest absolute Gasteiger partial charge is 0.419 e. The molecule has 2 aromatic carbocycles. The molecule has 0 spiro atoms. The van der Waals surface area contributed by atoms with Crippen LogP contribution >= 0.6 is 0 Å². The molecule has 0 bridgehead atoms. The maximum Gasteiger partial charge on any atom is 0.236 e. The van der Waals surface area contributed by atoms with Crippen molar-refractivity contribution in [1.82, 2.24) is 9.88 Å². The molecule has 7 heteroatoms. The highest BCUT2D eigenvalue weighted by molar-refractivity contribution is 7.91. The lowest BCUT2D eigenvalue weighted by Gasteiger charge is -2.32. The van der Waals surface area contributed by atoms with Crippen LogP contribution in [-0.4, -0.2) is 51.5 Å². The van der Waals surface area contributed by atoms with Gasteiger partial charge in [0.15, 0.2) is 0 Å². The van der Waals surface area contributed by atoms with Crippen molar-refractivity contribution in [1.29, 1.82) is 0 Å². The van der Waals surface area contributed by atoms with E-state index in [2.05, 4.69) is 16.9 Å². The van der Waals surface area contributed by atoms with E-state index in [1.807, 2.05) is 43.0 Å². The minimum atomic E-state index is -3.81. The van der Waals surface area contributed by atoms with Crippen LogP contribution in [0, 0.1) is 13.8 Å². The van der Waals surface area contributed by atoms with Gasteiger partial charge in [0.25, 0.3) is 0 Å². The summed E-state index contributed by atoms with van der Waals surface area (Å²) in [5.74, 6) is 0.666. The monoisotopic (exact) mass is 411 g/mol. The fourth-order valence-corrected chi connectivity index (χ4v) is 4.76. The number of rotatable bonds is 4. The van der Waals surface area contributed by atoms with Gasteiger partial charge < -0.3 is 14.2 Å². The Bertz CT molecular complexity index is 1110. The predicted octanol–water partition coefficient (Wildman–Crippen LogP) is 3.54. The van der Waals surface area contributed by atoms with Gasteiger partial charge in [-0.15, -0.1) is 0 Å². The molecule has 0 atom stereocenters. The lowest BCUT2D eigenvalue weighted by molar-refractivity contribution is 0.305. The molecule has 3 aromatic rings. The second-order valence-corrected chi connectivity index (χ2v) is 9.42. The van der Waals surface area contributed by atoms with E-state index in [1.54, 1.807) is 24.3 Å². The molecule has 0 saturated carbocycles. The molecule has 0 N–H and O–H groups in total. The molecule has 0 aliphatic carbocycles. The highest BCUT2D eigenvalue weighted by Crippen LogP contribution is 2.36. The van der Waals surface area contributed by atoms with Crippen LogP contribution in [0.15, 0.2) is 62.9 Å². The molecule has 6 nitrogen and oxygen atoms in total. The Labute approximate surface area is 171 Å². The third kappa shape index (κ3) is 3.80. The molecule has 1 fully saturated rings. The maximum absolute atomic E-state index is 13.4. The Morgan fingerprint density at radius 2 is 1.59 bits per heavy atom. The van der Waals surface area contributed by atoms with E-state index < -0.39 is 9.84 Å². The van der Waals surface area contributed by atoms with Gasteiger partial charge in [-0.25, -0.2) is 8.42 Å². The summed E-state index contributed by atoms with van der Waals surface area (Å²) in [5.41, 5.74) is 2.79. The SMILES string of the molecule is Cc1ccc(S(=O)(=O)c2nc(-c3ccccc3C)oc2N2CCN(C)CC2)cc1. The number of aromatic nitrogens is 1. The Hall–Kier alpha value is -2.64. The van der Waals surface area contributed by atoms with Crippen molar-refractivity contribution in [2.75, 3.05) is 38.1 Å². The van der Waals surface area contributed by atoms with E-state index in [-0.39, 0.29) is 9.92 Å². The third-order valence-electron chi connectivity index (χ3n) is 5.33. The van der Waals surface area contributed by atoms with Crippen LogP contribution in [0.4, 0.5) is 5.88 Å². The van der Waals surface area contributed by atoms with Crippen molar-refractivity contribution in [3.63, 3.8) is 0 Å². The van der Waals surface area contributed by atoms with Gasteiger partial charge in [0.1, 0.15) is 0 Å². The average Bonchev–Trinajstić information content (AvgIpc) is 3.15. The van der Waals surface area contributed by atoms with Gasteiger partial charge in [0, 0.05) is 31.7 Å². The molecule has 29 heavy (non-hydrogen) atoms. The molecule has 1 aliphatic rings. The van der Waals surface area contributed by atoms with Crippen LogP contribution in [-0.2, 0) is 9.84 Å². The topological polar surface area (TPSA) is 66.7 Å². The Morgan fingerprint density at radius 3 is 2.24 bits per heavy atom. The molecule has 0 amide bonds. The molecule has 0 unspecified atom stereocenters. The van der Waals surface area contributed by atoms with E-state index in [9.17, 15) is 8.42 Å². The molecule has 152 valence electrons. The Kier molecular flexibility index (Phi) is 5.19. The molecule has 1 aromatic heterocycles. The van der Waals surface area contributed by atoms with Gasteiger partial charge in [-0.1, -0.05) is 35.9 Å². The quantitative estimate of drug-likeness (QED) is 0.654. The fourth-order valence-electron chi connectivity index (χ4n) is 3.44. The molecular formula is C22H25N3O3S. The first kappa shape index (κ1) is 19.7. The summed E-state index contributed by atoms with van der Waals surface area (Å²) in [5, 5.41) is -0.0100. The minimum Gasteiger partial charge on any atom is -0.419 e. The van der Waals surface area contributed by atoms with Gasteiger partial charge in [-0.2, -0.15) is 4.98 Å². The van der Waals surface area contributed by atoms with Gasteiger partial charge in [0.2, 0.25) is 26.6 Å². The van der Waals surface area contributed by atoms with Gasteiger partial charge in [-0.05, 0) is 44.7 Å². The first-order chi connectivity index (χ1) is 13.9. The van der Waals surface area contributed by atoms with Gasteiger partial charge >= 0.3 is 0 Å². The van der Waals surface area contributed by atoms with Gasteiger partial charge in [0.05, 0.1) is 4.90 Å². The predicted molar refractivity (Wildman–Crippen MR) is 113 cm³/mol. The van der Waals surface area contributed by atoms with E-state index in [0.29, 0.717) is 24.9 Å². The molecule has 4 rings (SSSR count). The number of oxazole rings is 1. The second-order valence-electron chi connectivity index (χ2n) is 7.55. The minimum absolute atomic E-state index is 0.0100. The fraction of sp³-hybridized carbons (Fsp3) is 0.318. The van der Waals surface area contributed by atoms with Crippen LogP contribution in [0.2, 0.25) is 0 Å². The van der Waals surface area contributed by atoms with Crippen molar-refractivity contribution in [3.05, 3.63) is 59.7 Å². The van der Waals surface area contributed by atoms with Crippen LogP contribution < -0.4 is 4.90 Å². The van der Waals surface area contributed by atoms with Crippen LogP contribution in [0.1, 0.15) is 11.1 Å². The number of aryl methyl sites for hydroxylation is 2. The van der Waals surface area contributed by atoms with Crippen molar-refractivity contribution < 1.29 is 12.8 Å². The van der Waals surface area contributed by atoms with Crippen molar-refractivity contribution in [2.24, 2.45) is 0 Å². The zero-order valence-electron chi connectivity index (χ0n) is 16.9. The Morgan fingerprint density at radius 1 is 0.931 bits per heavy atom.